The van der Waals surface area contributed by atoms with Gasteiger partial charge in [0.25, 0.3) is 21.8 Å². The molecule has 0 radical (unpaired) electrons. The lowest BCUT2D eigenvalue weighted by Crippen LogP contribution is -2.39. The molecule has 2 amide bonds. The number of carbonyl (C=O) groups is 2. The number of anilines is 1. The fourth-order valence-corrected chi connectivity index (χ4v) is 4.76. The minimum Gasteiger partial charge on any atom is -0.484 e. The van der Waals surface area contributed by atoms with Crippen molar-refractivity contribution in [2.24, 2.45) is 10.8 Å². The van der Waals surface area contributed by atoms with Crippen molar-refractivity contribution in [3.63, 3.8) is 0 Å². The summed E-state index contributed by atoms with van der Waals surface area (Å²) in [6.45, 7) is -0.850. The van der Waals surface area contributed by atoms with Gasteiger partial charge < -0.3 is 10.5 Å². The molecule has 0 atom stereocenters. The van der Waals surface area contributed by atoms with Gasteiger partial charge in [-0.2, -0.15) is 5.10 Å². The lowest BCUT2D eigenvalue weighted by atomic mass is 10.2. The molecular weight excluding hydrogens is 515 g/mol. The first-order valence-electron chi connectivity index (χ1n) is 10.0. The van der Waals surface area contributed by atoms with E-state index in [-0.39, 0.29) is 27.2 Å². The number of nitrogens with zero attached hydrogens (tertiary/aromatic N) is 2. The van der Waals surface area contributed by atoms with Gasteiger partial charge in [0.2, 0.25) is 0 Å². The third-order valence-electron chi connectivity index (χ3n) is 4.48. The summed E-state index contributed by atoms with van der Waals surface area (Å²) >= 11 is 12.3. The van der Waals surface area contributed by atoms with Gasteiger partial charge >= 0.3 is 0 Å². The molecule has 0 saturated carbocycles. The molecule has 0 aliphatic carbocycles. The van der Waals surface area contributed by atoms with Crippen molar-refractivity contribution in [2.45, 2.75) is 4.90 Å². The largest absolute Gasteiger partial charge is 0.484 e. The SMILES string of the molecule is NC(=O)COc1ccc(/C=N\NC(=O)CN(c2cccc(Cl)c2Cl)S(=O)(=O)c2ccccc2)cc1. The number of hydrazone groups is 1. The summed E-state index contributed by atoms with van der Waals surface area (Å²) in [4.78, 5) is 23.4. The Morgan fingerprint density at radius 2 is 1.69 bits per heavy atom. The number of ether oxygens (including phenoxy) is 1. The van der Waals surface area contributed by atoms with Gasteiger partial charge in [-0.15, -0.1) is 0 Å². The van der Waals surface area contributed by atoms with E-state index >= 15 is 0 Å². The molecular formula is C23H20Cl2N4O5S. The summed E-state index contributed by atoms with van der Waals surface area (Å²) in [5, 5.41) is 3.99. The van der Waals surface area contributed by atoms with Crippen molar-refractivity contribution in [3.8, 4) is 5.75 Å². The number of primary amides is 1. The van der Waals surface area contributed by atoms with E-state index in [4.69, 9.17) is 33.7 Å². The van der Waals surface area contributed by atoms with Crippen LogP contribution in [0.2, 0.25) is 10.0 Å². The summed E-state index contributed by atoms with van der Waals surface area (Å²) in [6.07, 6.45) is 1.36. The zero-order valence-corrected chi connectivity index (χ0v) is 20.4. The predicted molar refractivity (Wildman–Crippen MR) is 134 cm³/mol. The summed E-state index contributed by atoms with van der Waals surface area (Å²) < 4.78 is 32.7. The maximum atomic E-state index is 13.3. The van der Waals surface area contributed by atoms with Crippen molar-refractivity contribution in [2.75, 3.05) is 17.5 Å². The lowest BCUT2D eigenvalue weighted by Gasteiger charge is -2.24. The Bertz CT molecular complexity index is 1330. The highest BCUT2D eigenvalue weighted by Crippen LogP contribution is 2.35. The highest BCUT2D eigenvalue weighted by molar-refractivity contribution is 7.92. The Kier molecular flexibility index (Phi) is 8.69. The molecule has 182 valence electrons. The van der Waals surface area contributed by atoms with Crippen LogP contribution in [0.25, 0.3) is 0 Å². The summed E-state index contributed by atoms with van der Waals surface area (Å²) in [7, 11) is -4.15. The molecule has 0 aliphatic rings. The van der Waals surface area contributed by atoms with Crippen LogP contribution >= 0.6 is 23.2 Å². The highest BCUT2D eigenvalue weighted by atomic mass is 35.5. The van der Waals surface area contributed by atoms with Gasteiger partial charge in [-0.3, -0.25) is 13.9 Å². The van der Waals surface area contributed by atoms with Gasteiger partial charge in [0.1, 0.15) is 12.3 Å². The average Bonchev–Trinajstić information content (AvgIpc) is 2.84. The zero-order chi connectivity index (χ0) is 25.4. The quantitative estimate of drug-likeness (QED) is 0.304. The monoisotopic (exact) mass is 534 g/mol. The molecule has 3 rings (SSSR count). The van der Waals surface area contributed by atoms with Crippen molar-refractivity contribution in [1.82, 2.24) is 5.43 Å². The normalized spacial score (nSPS) is 11.3. The number of hydrogen-bond donors (Lipinski definition) is 2. The van der Waals surface area contributed by atoms with Crippen LogP contribution < -0.4 is 20.2 Å². The van der Waals surface area contributed by atoms with Gasteiger partial charge in [-0.1, -0.05) is 47.5 Å². The standard InChI is InChI=1S/C23H20Cl2N4O5S/c24-19-7-4-8-20(23(19)25)29(35(32,33)18-5-2-1-3-6-18)14-22(31)28-27-13-16-9-11-17(12-10-16)34-15-21(26)30/h1-13H,14-15H2,(H2,26,30)(H,28,31)/b27-13-. The van der Waals surface area contributed by atoms with E-state index in [1.807, 2.05) is 0 Å². The van der Waals surface area contributed by atoms with Crippen molar-refractivity contribution >= 4 is 56.9 Å². The van der Waals surface area contributed by atoms with Crippen LogP contribution in [0.5, 0.6) is 5.75 Å². The number of halogens is 2. The lowest BCUT2D eigenvalue weighted by molar-refractivity contribution is -0.120. The molecule has 0 heterocycles. The molecule has 0 bridgehead atoms. The van der Waals surface area contributed by atoms with E-state index in [0.29, 0.717) is 11.3 Å². The van der Waals surface area contributed by atoms with Gasteiger partial charge in [0, 0.05) is 0 Å². The van der Waals surface area contributed by atoms with Crippen LogP contribution in [-0.4, -0.2) is 39.6 Å². The first kappa shape index (κ1) is 26.0. The Morgan fingerprint density at radius 3 is 2.34 bits per heavy atom. The van der Waals surface area contributed by atoms with Crippen LogP contribution in [-0.2, 0) is 19.6 Å². The van der Waals surface area contributed by atoms with Crippen molar-refractivity contribution in [1.29, 1.82) is 0 Å². The van der Waals surface area contributed by atoms with Crippen LogP contribution in [0.4, 0.5) is 5.69 Å². The first-order valence-corrected chi connectivity index (χ1v) is 12.2. The Labute approximate surface area is 212 Å². The molecule has 0 aromatic heterocycles. The highest BCUT2D eigenvalue weighted by Gasteiger charge is 2.29. The number of nitrogens with two attached hydrogens (primary N) is 1. The number of nitrogens with one attached hydrogen (secondary N) is 1. The van der Waals surface area contributed by atoms with Gasteiger partial charge in [-0.25, -0.2) is 13.8 Å². The maximum absolute atomic E-state index is 13.3. The molecule has 12 heteroatoms. The summed E-state index contributed by atoms with van der Waals surface area (Å²) in [5.74, 6) is -0.871. The second kappa shape index (κ2) is 11.7. The van der Waals surface area contributed by atoms with E-state index < -0.39 is 28.4 Å². The molecule has 3 N–H and O–H groups in total. The summed E-state index contributed by atoms with van der Waals surface area (Å²) in [6, 6.07) is 18.6. The van der Waals surface area contributed by atoms with Gasteiger partial charge in [0.15, 0.2) is 6.61 Å². The van der Waals surface area contributed by atoms with E-state index in [9.17, 15) is 18.0 Å². The Hall–Kier alpha value is -3.60. The number of carbonyl (C=O) groups excluding carboxylic acids is 2. The number of benzene rings is 3. The van der Waals surface area contributed by atoms with Crippen molar-refractivity contribution in [3.05, 3.63) is 88.4 Å². The van der Waals surface area contributed by atoms with E-state index in [1.54, 1.807) is 42.5 Å². The fraction of sp³-hybridized carbons (Fsp3) is 0.0870. The van der Waals surface area contributed by atoms with E-state index in [2.05, 4.69) is 10.5 Å². The fourth-order valence-electron chi connectivity index (χ4n) is 2.85. The van der Waals surface area contributed by atoms with Crippen LogP contribution in [0.3, 0.4) is 0 Å². The second-order valence-electron chi connectivity index (χ2n) is 7.01. The molecule has 0 spiro atoms. The third-order valence-corrected chi connectivity index (χ3v) is 7.07. The number of sulfonamides is 1. The topological polar surface area (TPSA) is 131 Å². The van der Waals surface area contributed by atoms with Crippen LogP contribution in [0.15, 0.2) is 82.8 Å². The number of hydrogen-bond acceptors (Lipinski definition) is 6. The minimum absolute atomic E-state index is 0.0105. The van der Waals surface area contributed by atoms with Crippen molar-refractivity contribution < 1.29 is 22.7 Å². The molecule has 0 unspecified atom stereocenters. The van der Waals surface area contributed by atoms with Gasteiger partial charge in [-0.05, 0) is 54.1 Å². The minimum atomic E-state index is -4.15. The molecule has 9 nitrogen and oxygen atoms in total. The van der Waals surface area contributed by atoms with E-state index in [0.717, 1.165) is 4.31 Å². The Balaban J connectivity index is 1.76. The third kappa shape index (κ3) is 6.95. The molecule has 0 aliphatic heterocycles. The first-order chi connectivity index (χ1) is 16.7. The average molecular weight is 535 g/mol. The predicted octanol–water partition coefficient (Wildman–Crippen LogP) is 3.20. The summed E-state index contributed by atoms with van der Waals surface area (Å²) in [5.41, 5.74) is 7.99. The smallest absolute Gasteiger partial charge is 0.264 e. The molecule has 0 saturated heterocycles. The Morgan fingerprint density at radius 1 is 1.00 bits per heavy atom. The zero-order valence-electron chi connectivity index (χ0n) is 18.1. The molecule has 3 aromatic rings. The maximum Gasteiger partial charge on any atom is 0.264 e. The van der Waals surface area contributed by atoms with Crippen LogP contribution in [0, 0.1) is 0 Å². The molecule has 0 fully saturated rings. The van der Waals surface area contributed by atoms with Gasteiger partial charge in [0.05, 0.1) is 26.8 Å². The molecule has 3 aromatic carbocycles. The molecule has 35 heavy (non-hydrogen) atoms. The number of rotatable bonds is 10. The van der Waals surface area contributed by atoms with E-state index in [1.165, 1.54) is 36.5 Å². The second-order valence-corrected chi connectivity index (χ2v) is 9.66. The van der Waals surface area contributed by atoms with Crippen LogP contribution in [0.1, 0.15) is 5.56 Å². The number of amides is 2.